The number of alkyl halides is 1. The van der Waals surface area contributed by atoms with E-state index in [0.29, 0.717) is 0 Å². The lowest BCUT2D eigenvalue weighted by Gasteiger charge is -2.27. The molecule has 1 aliphatic heterocycles. The second-order valence-corrected chi connectivity index (χ2v) is 6.67. The van der Waals surface area contributed by atoms with Crippen LogP contribution in [0.15, 0.2) is 0 Å². The van der Waals surface area contributed by atoms with Crippen molar-refractivity contribution in [2.24, 2.45) is 0 Å². The normalized spacial score (nSPS) is 20.9. The fourth-order valence-corrected chi connectivity index (χ4v) is 3.59. The summed E-state index contributed by atoms with van der Waals surface area (Å²) in [5.41, 5.74) is 0. The Kier molecular flexibility index (Phi) is 5.46. The minimum absolute atomic E-state index is 0.110. The highest BCUT2D eigenvalue weighted by Gasteiger charge is 2.46. The second kappa shape index (κ2) is 6.24. The molecule has 1 fully saturated rings. The Hall–Kier alpha value is -0.290. The van der Waals surface area contributed by atoms with Crippen LogP contribution < -0.4 is 0 Å². The van der Waals surface area contributed by atoms with Crippen LogP contribution in [0.25, 0.3) is 0 Å². The Balaban J connectivity index is 2.89. The van der Waals surface area contributed by atoms with Crippen molar-refractivity contribution >= 4 is 25.4 Å². The van der Waals surface area contributed by atoms with Gasteiger partial charge in [-0.15, -0.1) is 11.6 Å². The lowest BCUT2D eigenvalue weighted by Crippen LogP contribution is -2.27. The summed E-state index contributed by atoms with van der Waals surface area (Å²) < 4.78 is 29.2. The summed E-state index contributed by atoms with van der Waals surface area (Å²) in [5, 5.41) is 0. The molecule has 1 rings (SSSR count). The quantitative estimate of drug-likeness (QED) is 0.557. The van der Waals surface area contributed by atoms with Crippen LogP contribution in [0.2, 0.25) is 0 Å². The molecule has 1 amide bonds. The van der Waals surface area contributed by atoms with Crippen molar-refractivity contribution < 1.29 is 23.1 Å². The molecule has 106 valence electrons. The molecular weight excluding hydrogens is 281 g/mol. The largest absolute Gasteiger partial charge is 0.443 e. The van der Waals surface area contributed by atoms with Crippen molar-refractivity contribution in [2.75, 3.05) is 12.4 Å². The van der Waals surface area contributed by atoms with Gasteiger partial charge in [0, 0.05) is 0 Å². The molecule has 0 bridgehead atoms. The number of cyclic esters (lactones) is 1. The van der Waals surface area contributed by atoms with Crippen molar-refractivity contribution in [2.45, 2.75) is 46.0 Å². The highest BCUT2D eigenvalue weighted by Crippen LogP contribution is 2.55. The van der Waals surface area contributed by atoms with E-state index in [-0.39, 0.29) is 24.6 Å². The fraction of sp³-hybridized carbons (Fsp3) is 0.900. The number of rotatable bonds is 6. The molecule has 0 aromatic rings. The van der Waals surface area contributed by atoms with Gasteiger partial charge in [0.25, 0.3) is 0 Å². The van der Waals surface area contributed by atoms with Gasteiger partial charge in [-0.25, -0.2) is 14.0 Å². The number of ether oxygens (including phenoxy) is 1. The number of carbonyl (C=O) groups excluding carboxylic acids is 1. The van der Waals surface area contributed by atoms with Crippen LogP contribution >= 0.6 is 19.3 Å². The zero-order valence-electron chi connectivity index (χ0n) is 11.0. The van der Waals surface area contributed by atoms with Gasteiger partial charge in [0.1, 0.15) is 6.10 Å². The average molecular weight is 300 g/mol. The number of halogens is 1. The predicted octanol–water partition coefficient (Wildman–Crippen LogP) is 3.00. The molecule has 1 saturated heterocycles. The summed E-state index contributed by atoms with van der Waals surface area (Å²) in [4.78, 5) is 11.7. The van der Waals surface area contributed by atoms with Gasteiger partial charge < -0.3 is 4.74 Å². The first-order valence-corrected chi connectivity index (χ1v) is 7.83. The van der Waals surface area contributed by atoms with Crippen molar-refractivity contribution in [1.29, 1.82) is 0 Å². The molecule has 1 unspecified atom stereocenters. The molecule has 0 aromatic heterocycles. The molecule has 0 N–H and O–H groups in total. The lowest BCUT2D eigenvalue weighted by atomic mass is 10.4. The molecule has 6 nitrogen and oxygen atoms in total. The Morgan fingerprint density at radius 3 is 2.22 bits per heavy atom. The minimum Gasteiger partial charge on any atom is -0.443 e. The molecule has 0 aliphatic carbocycles. The van der Waals surface area contributed by atoms with Gasteiger partial charge in [-0.05, 0) is 27.7 Å². The Labute approximate surface area is 112 Å². The maximum absolute atomic E-state index is 12.6. The van der Waals surface area contributed by atoms with Crippen LogP contribution in [-0.4, -0.2) is 41.5 Å². The standard InChI is InChI=1S/C10H19ClNO5P/c1-7(2)16-18(14,17-8(3)4)12-6-9(5-11)15-10(12)13/h7-9H,5-6H2,1-4H3. The third-order valence-electron chi connectivity index (χ3n) is 2.01. The molecule has 0 saturated carbocycles. The van der Waals surface area contributed by atoms with Gasteiger partial charge in [-0.2, -0.15) is 0 Å². The molecule has 1 heterocycles. The van der Waals surface area contributed by atoms with Crippen LogP contribution in [0.4, 0.5) is 4.79 Å². The second-order valence-electron chi connectivity index (χ2n) is 4.52. The molecule has 18 heavy (non-hydrogen) atoms. The average Bonchev–Trinajstić information content (AvgIpc) is 2.57. The smallest absolute Gasteiger partial charge is 0.440 e. The first-order chi connectivity index (χ1) is 8.28. The molecule has 8 heteroatoms. The zero-order valence-corrected chi connectivity index (χ0v) is 12.6. The van der Waals surface area contributed by atoms with Gasteiger partial charge in [0.2, 0.25) is 0 Å². The summed E-state index contributed by atoms with van der Waals surface area (Å²) in [6.45, 7) is 6.99. The Morgan fingerprint density at radius 1 is 1.39 bits per heavy atom. The van der Waals surface area contributed by atoms with Crippen molar-refractivity contribution in [3.05, 3.63) is 0 Å². The summed E-state index contributed by atoms with van der Waals surface area (Å²) in [5.74, 6) is 0.144. The maximum atomic E-state index is 12.6. The van der Waals surface area contributed by atoms with E-state index in [2.05, 4.69) is 0 Å². The van der Waals surface area contributed by atoms with E-state index in [1.807, 2.05) is 0 Å². The monoisotopic (exact) mass is 299 g/mol. The van der Waals surface area contributed by atoms with E-state index < -0.39 is 19.9 Å². The fourth-order valence-electron chi connectivity index (χ4n) is 1.46. The number of hydrogen-bond donors (Lipinski definition) is 0. The van der Waals surface area contributed by atoms with Crippen LogP contribution in [0.5, 0.6) is 0 Å². The number of amides is 1. The van der Waals surface area contributed by atoms with Crippen molar-refractivity contribution in [3.63, 3.8) is 0 Å². The SMILES string of the molecule is CC(C)OP(=O)(OC(C)C)N1CC(CCl)OC1=O. The van der Waals surface area contributed by atoms with E-state index in [0.717, 1.165) is 4.67 Å². The zero-order chi connectivity index (χ0) is 13.9. The molecule has 0 aromatic carbocycles. The van der Waals surface area contributed by atoms with Crippen LogP contribution in [0, 0.1) is 0 Å². The molecule has 1 atom stereocenters. The van der Waals surface area contributed by atoms with Gasteiger partial charge in [0.05, 0.1) is 24.6 Å². The Bertz CT molecular complexity index is 335. The number of nitrogens with zero attached hydrogens (tertiary/aromatic N) is 1. The van der Waals surface area contributed by atoms with Crippen molar-refractivity contribution in [1.82, 2.24) is 4.67 Å². The van der Waals surface area contributed by atoms with E-state index in [1.54, 1.807) is 27.7 Å². The van der Waals surface area contributed by atoms with Gasteiger partial charge >= 0.3 is 13.8 Å². The summed E-state index contributed by atoms with van der Waals surface area (Å²) in [6.07, 6.45) is -1.88. The molecular formula is C10H19ClNO5P. The lowest BCUT2D eigenvalue weighted by molar-refractivity contribution is 0.109. The highest BCUT2D eigenvalue weighted by molar-refractivity contribution is 7.52. The van der Waals surface area contributed by atoms with Crippen molar-refractivity contribution in [3.8, 4) is 0 Å². The third-order valence-corrected chi connectivity index (χ3v) is 4.65. The van der Waals surface area contributed by atoms with Gasteiger partial charge in [0.15, 0.2) is 0 Å². The third kappa shape index (κ3) is 3.85. The summed E-state index contributed by atoms with van der Waals surface area (Å²) >= 11 is 5.62. The maximum Gasteiger partial charge on any atom is 0.440 e. The van der Waals surface area contributed by atoms with Crippen LogP contribution in [0.1, 0.15) is 27.7 Å². The Morgan fingerprint density at radius 2 is 1.89 bits per heavy atom. The van der Waals surface area contributed by atoms with E-state index >= 15 is 0 Å². The predicted molar refractivity (Wildman–Crippen MR) is 67.7 cm³/mol. The van der Waals surface area contributed by atoms with E-state index in [4.69, 9.17) is 25.4 Å². The molecule has 1 aliphatic rings. The van der Waals surface area contributed by atoms with Gasteiger partial charge in [-0.3, -0.25) is 9.05 Å². The first kappa shape index (κ1) is 15.8. The minimum atomic E-state index is -3.69. The number of carbonyl (C=O) groups is 1. The highest BCUT2D eigenvalue weighted by atomic mass is 35.5. The number of hydrogen-bond acceptors (Lipinski definition) is 5. The summed E-state index contributed by atoms with van der Waals surface area (Å²) in [7, 11) is -3.69. The first-order valence-electron chi connectivity index (χ1n) is 5.80. The van der Waals surface area contributed by atoms with Crippen LogP contribution in [0.3, 0.4) is 0 Å². The summed E-state index contributed by atoms with van der Waals surface area (Å²) in [6, 6.07) is 0. The molecule has 0 radical (unpaired) electrons. The van der Waals surface area contributed by atoms with Crippen LogP contribution in [-0.2, 0) is 18.3 Å². The topological polar surface area (TPSA) is 65.1 Å². The van der Waals surface area contributed by atoms with Gasteiger partial charge in [-0.1, -0.05) is 0 Å². The van der Waals surface area contributed by atoms with E-state index in [9.17, 15) is 9.36 Å². The van der Waals surface area contributed by atoms with E-state index in [1.165, 1.54) is 0 Å². The molecule has 0 spiro atoms.